The third kappa shape index (κ3) is 7.36. The predicted molar refractivity (Wildman–Crippen MR) is 294 cm³/mol. The monoisotopic (exact) mass is 895 g/mol. The molecule has 0 aliphatic carbocycles. The molecule has 13 aromatic rings. The minimum atomic E-state index is 0.862. The molecule has 70 heavy (non-hydrogen) atoms. The van der Waals surface area contributed by atoms with Gasteiger partial charge >= 0.3 is 0 Å². The van der Waals surface area contributed by atoms with Crippen molar-refractivity contribution in [1.82, 2.24) is 4.57 Å². The molecule has 0 atom stereocenters. The van der Waals surface area contributed by atoms with Crippen molar-refractivity contribution in [3.63, 3.8) is 0 Å². The lowest BCUT2D eigenvalue weighted by Crippen LogP contribution is -2.10. The molecule has 2 heterocycles. The minimum absolute atomic E-state index is 0.862. The zero-order chi connectivity index (χ0) is 46.4. The Balaban J connectivity index is 0.870. The molecule has 0 aliphatic heterocycles. The van der Waals surface area contributed by atoms with E-state index >= 15 is 0 Å². The van der Waals surface area contributed by atoms with Gasteiger partial charge in [-0.2, -0.15) is 0 Å². The highest BCUT2D eigenvalue weighted by molar-refractivity contribution is 6.11. The van der Waals surface area contributed by atoms with Crippen molar-refractivity contribution in [3.8, 4) is 39.1 Å². The van der Waals surface area contributed by atoms with E-state index in [1.807, 2.05) is 12.1 Å². The van der Waals surface area contributed by atoms with E-state index in [2.05, 4.69) is 275 Å². The van der Waals surface area contributed by atoms with Gasteiger partial charge in [-0.15, -0.1) is 0 Å². The number of benzene rings is 11. The minimum Gasteiger partial charge on any atom is -0.456 e. The lowest BCUT2D eigenvalue weighted by Gasteiger charge is -2.26. The first-order chi connectivity index (χ1) is 34.7. The molecule has 0 saturated heterocycles. The summed E-state index contributed by atoms with van der Waals surface area (Å²) in [4.78, 5) is 4.68. The van der Waals surface area contributed by atoms with Crippen molar-refractivity contribution in [2.75, 3.05) is 9.80 Å². The number of rotatable bonds is 10. The number of anilines is 6. The number of furan rings is 1. The first-order valence-corrected chi connectivity index (χ1v) is 23.8. The molecule has 0 unspecified atom stereocenters. The molecule has 0 amide bonds. The second-order valence-corrected chi connectivity index (χ2v) is 17.8. The average Bonchev–Trinajstić information content (AvgIpc) is 3.98. The smallest absolute Gasteiger partial charge is 0.137 e. The van der Waals surface area contributed by atoms with E-state index in [9.17, 15) is 0 Å². The SMILES string of the molecule is c1ccc(-c2ccc(N(c3ccc(-c4ccc(N(c5ccc(-c6ccccc6)cc5)c5ccc6c(c5)c5ccccc5n6-c5ccccc5)cc4)cc3)c3ccc4c(c3)oc3ccccc34)cc2)cc1. The molecule has 0 bridgehead atoms. The van der Waals surface area contributed by atoms with Crippen LogP contribution in [-0.2, 0) is 0 Å². The van der Waals surface area contributed by atoms with Crippen LogP contribution in [0.15, 0.2) is 277 Å². The fourth-order valence-corrected chi connectivity index (χ4v) is 10.2. The van der Waals surface area contributed by atoms with Crippen LogP contribution in [0.25, 0.3) is 82.8 Å². The molecule has 0 N–H and O–H groups in total. The molecule has 0 spiro atoms. The summed E-state index contributed by atoms with van der Waals surface area (Å²) in [6.45, 7) is 0. The van der Waals surface area contributed by atoms with E-state index in [4.69, 9.17) is 4.42 Å². The standard InChI is InChI=1S/C66H45N3O/c1-4-14-46(15-5-1)48-24-32-53(33-25-48)67(57-41-43-64-62(44-57)59-20-10-12-22-63(59)69(64)52-18-8-3-9-19-52)54-36-28-50(29-37-54)51-30-38-56(39-31-51)68(55-34-26-49(27-35-55)47-16-6-2-7-17-47)58-40-42-61-60-21-11-13-23-65(60)70-66(61)45-58/h1-45H. The average molecular weight is 896 g/mol. The Kier molecular flexibility index (Phi) is 10.1. The van der Waals surface area contributed by atoms with Crippen LogP contribution in [0.4, 0.5) is 34.1 Å². The largest absolute Gasteiger partial charge is 0.456 e. The van der Waals surface area contributed by atoms with Crippen molar-refractivity contribution in [3.05, 3.63) is 273 Å². The number of aromatic nitrogens is 1. The summed E-state index contributed by atoms with van der Waals surface area (Å²) < 4.78 is 8.77. The quantitative estimate of drug-likeness (QED) is 0.137. The maximum Gasteiger partial charge on any atom is 0.137 e. The Morgan fingerprint density at radius 2 is 0.614 bits per heavy atom. The van der Waals surface area contributed by atoms with Crippen LogP contribution in [-0.4, -0.2) is 4.57 Å². The molecular formula is C66H45N3O. The van der Waals surface area contributed by atoms with E-state index in [0.29, 0.717) is 0 Å². The number of hydrogen-bond donors (Lipinski definition) is 0. The van der Waals surface area contributed by atoms with Crippen LogP contribution in [0.2, 0.25) is 0 Å². The topological polar surface area (TPSA) is 24.6 Å². The van der Waals surface area contributed by atoms with Crippen LogP contribution >= 0.6 is 0 Å². The van der Waals surface area contributed by atoms with E-state index in [1.165, 1.54) is 44.1 Å². The van der Waals surface area contributed by atoms with E-state index in [-0.39, 0.29) is 0 Å². The van der Waals surface area contributed by atoms with Gasteiger partial charge in [-0.1, -0.05) is 164 Å². The molecular weight excluding hydrogens is 851 g/mol. The Bertz CT molecular complexity index is 3950. The Hall–Kier alpha value is -9.38. The molecule has 0 aliphatic rings. The highest BCUT2D eigenvalue weighted by Gasteiger charge is 2.19. The van der Waals surface area contributed by atoms with Gasteiger partial charge in [0.2, 0.25) is 0 Å². The summed E-state index contributed by atoms with van der Waals surface area (Å²) in [5.74, 6) is 0. The van der Waals surface area contributed by atoms with Crippen LogP contribution in [0.1, 0.15) is 0 Å². The summed E-state index contributed by atoms with van der Waals surface area (Å²) in [6.07, 6.45) is 0. The van der Waals surface area contributed by atoms with Crippen molar-refractivity contribution >= 4 is 77.9 Å². The van der Waals surface area contributed by atoms with Gasteiger partial charge in [0.05, 0.1) is 11.0 Å². The van der Waals surface area contributed by atoms with Crippen LogP contribution < -0.4 is 9.80 Å². The summed E-state index contributed by atoms with van der Waals surface area (Å²) >= 11 is 0. The summed E-state index contributed by atoms with van der Waals surface area (Å²) in [5, 5.41) is 4.66. The van der Waals surface area contributed by atoms with Gasteiger partial charge in [0.1, 0.15) is 11.2 Å². The number of fused-ring (bicyclic) bond motifs is 6. The lowest BCUT2D eigenvalue weighted by atomic mass is 10.0. The van der Waals surface area contributed by atoms with Gasteiger partial charge in [-0.25, -0.2) is 0 Å². The zero-order valence-electron chi connectivity index (χ0n) is 38.2. The normalized spacial score (nSPS) is 11.4. The van der Waals surface area contributed by atoms with Crippen LogP contribution in [0.3, 0.4) is 0 Å². The number of nitrogens with zero attached hydrogens (tertiary/aromatic N) is 3. The Morgan fingerprint density at radius 1 is 0.243 bits per heavy atom. The molecule has 330 valence electrons. The van der Waals surface area contributed by atoms with E-state index in [1.54, 1.807) is 0 Å². The first-order valence-electron chi connectivity index (χ1n) is 23.8. The summed E-state index contributed by atoms with van der Waals surface area (Å²) in [6, 6.07) is 97.7. The van der Waals surface area contributed by atoms with Crippen LogP contribution in [0, 0.1) is 0 Å². The molecule has 2 aromatic heterocycles. The summed E-state index contributed by atoms with van der Waals surface area (Å²) in [7, 11) is 0. The lowest BCUT2D eigenvalue weighted by molar-refractivity contribution is 0.669. The van der Waals surface area contributed by atoms with E-state index in [0.717, 1.165) is 72.9 Å². The predicted octanol–water partition coefficient (Wildman–Crippen LogP) is 18.6. The number of hydrogen-bond acceptors (Lipinski definition) is 3. The Morgan fingerprint density at radius 3 is 1.14 bits per heavy atom. The third-order valence-electron chi connectivity index (χ3n) is 13.6. The van der Waals surface area contributed by atoms with Gasteiger partial charge in [-0.05, 0) is 137 Å². The highest BCUT2D eigenvalue weighted by Crippen LogP contribution is 2.43. The highest BCUT2D eigenvalue weighted by atomic mass is 16.3. The molecule has 13 rings (SSSR count). The van der Waals surface area contributed by atoms with Crippen molar-refractivity contribution in [2.24, 2.45) is 0 Å². The van der Waals surface area contributed by atoms with Gasteiger partial charge in [-0.3, -0.25) is 0 Å². The Labute approximate surface area is 406 Å². The summed E-state index contributed by atoms with van der Waals surface area (Å²) in [5.41, 5.74) is 18.7. The maximum absolute atomic E-state index is 6.40. The molecule has 0 fully saturated rings. The molecule has 0 radical (unpaired) electrons. The molecule has 4 nitrogen and oxygen atoms in total. The van der Waals surface area contributed by atoms with Gasteiger partial charge in [0, 0.05) is 67.4 Å². The fourth-order valence-electron chi connectivity index (χ4n) is 10.2. The molecule has 11 aromatic carbocycles. The van der Waals surface area contributed by atoms with Gasteiger partial charge < -0.3 is 18.8 Å². The van der Waals surface area contributed by atoms with Gasteiger partial charge in [0.15, 0.2) is 0 Å². The van der Waals surface area contributed by atoms with Crippen molar-refractivity contribution in [2.45, 2.75) is 0 Å². The molecule has 4 heteroatoms. The number of para-hydroxylation sites is 3. The first kappa shape index (κ1) is 40.9. The second kappa shape index (κ2) is 17.4. The van der Waals surface area contributed by atoms with Crippen LogP contribution in [0.5, 0.6) is 0 Å². The second-order valence-electron chi connectivity index (χ2n) is 17.8. The van der Waals surface area contributed by atoms with Gasteiger partial charge in [0.25, 0.3) is 0 Å². The van der Waals surface area contributed by atoms with E-state index < -0.39 is 0 Å². The fraction of sp³-hybridized carbons (Fsp3) is 0. The van der Waals surface area contributed by atoms with Crippen molar-refractivity contribution < 1.29 is 4.42 Å². The zero-order valence-corrected chi connectivity index (χ0v) is 38.2. The maximum atomic E-state index is 6.40. The third-order valence-corrected chi connectivity index (χ3v) is 13.6. The van der Waals surface area contributed by atoms with Crippen molar-refractivity contribution in [1.29, 1.82) is 0 Å². The molecule has 0 saturated carbocycles.